The Balaban J connectivity index is 1.69. The molecule has 11 heteroatoms. The van der Waals surface area contributed by atoms with Gasteiger partial charge < -0.3 is 18.9 Å². The Labute approximate surface area is 220 Å². The van der Waals surface area contributed by atoms with Crippen LogP contribution in [0, 0.1) is 0 Å². The lowest BCUT2D eigenvalue weighted by Crippen LogP contribution is -2.34. The van der Waals surface area contributed by atoms with Crippen molar-refractivity contribution in [2.75, 3.05) is 30.7 Å². The van der Waals surface area contributed by atoms with Crippen molar-refractivity contribution in [3.05, 3.63) is 68.1 Å². The van der Waals surface area contributed by atoms with Crippen molar-refractivity contribution in [1.82, 2.24) is 4.57 Å². The van der Waals surface area contributed by atoms with Gasteiger partial charge in [-0.3, -0.25) is 14.4 Å². The van der Waals surface area contributed by atoms with Gasteiger partial charge in [-0.2, -0.15) is 10.1 Å². The first-order chi connectivity index (χ1) is 17.8. The first-order valence-electron chi connectivity index (χ1n) is 11.5. The van der Waals surface area contributed by atoms with Crippen LogP contribution >= 0.6 is 23.1 Å². The largest absolute Gasteiger partial charge is 0.497 e. The van der Waals surface area contributed by atoms with Crippen LogP contribution in [-0.2, 0) is 21.4 Å². The fraction of sp³-hybridized carbons (Fsp3) is 0.231. The van der Waals surface area contributed by atoms with Crippen LogP contribution in [0.25, 0.3) is 10.6 Å². The first-order valence-corrected chi connectivity index (χ1v) is 13.1. The van der Waals surface area contributed by atoms with Gasteiger partial charge in [0.1, 0.15) is 20.0 Å². The number of amides is 1. The van der Waals surface area contributed by atoms with E-state index in [1.807, 2.05) is 36.2 Å². The fourth-order valence-corrected chi connectivity index (χ4v) is 6.62. The highest BCUT2D eigenvalue weighted by molar-refractivity contribution is 8.08. The maximum atomic E-state index is 13.6. The standard InChI is InChI=1S/C26H24N4O5S2/c1-5-35-20(31)14-17-21(23(32)30(27-17)15-9-7-6-8-10-15)25-29(3)24(33)22(37-25)26-28(2)18-13-16(34-4)11-12-19(18)36-26/h6-13H,5,14H2,1-4H3/b25-21-,26-22-. The van der Waals surface area contributed by atoms with Crippen molar-refractivity contribution in [3.8, 4) is 5.75 Å². The molecule has 1 aromatic heterocycles. The lowest BCUT2D eigenvalue weighted by Gasteiger charge is -2.13. The second-order valence-corrected chi connectivity index (χ2v) is 10.3. The lowest BCUT2D eigenvalue weighted by atomic mass is 10.1. The van der Waals surface area contributed by atoms with Crippen molar-refractivity contribution in [2.45, 2.75) is 18.2 Å². The van der Waals surface area contributed by atoms with Crippen LogP contribution in [0.15, 0.2) is 63.3 Å². The molecule has 3 aromatic rings. The number of thioether (sulfide) groups is 1. The minimum Gasteiger partial charge on any atom is -0.497 e. The maximum absolute atomic E-state index is 13.6. The molecule has 190 valence electrons. The molecule has 0 fully saturated rings. The minimum atomic E-state index is -0.493. The monoisotopic (exact) mass is 536 g/mol. The molecule has 5 rings (SSSR count). The Bertz CT molecular complexity index is 1620. The van der Waals surface area contributed by atoms with Crippen LogP contribution in [0.5, 0.6) is 5.75 Å². The van der Waals surface area contributed by atoms with Gasteiger partial charge in [-0.1, -0.05) is 30.0 Å². The molecule has 0 aliphatic carbocycles. The van der Waals surface area contributed by atoms with Gasteiger partial charge >= 0.3 is 5.97 Å². The number of ether oxygens (including phenoxy) is 2. The predicted molar refractivity (Wildman–Crippen MR) is 145 cm³/mol. The minimum absolute atomic E-state index is 0.184. The van der Waals surface area contributed by atoms with Crippen molar-refractivity contribution < 1.29 is 19.1 Å². The zero-order chi connectivity index (χ0) is 26.3. The predicted octanol–water partition coefficient (Wildman–Crippen LogP) is 2.27. The number of anilines is 2. The summed E-state index contributed by atoms with van der Waals surface area (Å²) in [6.45, 7) is 1.93. The zero-order valence-electron chi connectivity index (χ0n) is 20.7. The summed E-state index contributed by atoms with van der Waals surface area (Å²) in [6, 6.07) is 14.7. The average molecular weight is 537 g/mol. The van der Waals surface area contributed by atoms with E-state index in [-0.39, 0.29) is 29.9 Å². The number of benzene rings is 2. The SMILES string of the molecule is CCOC(=O)CC1=NN(c2ccccc2)C(=O)/C1=c1\s/c(=C2\Sc3ccc(OC)cc3N2C)c(=O)n1C. The van der Waals surface area contributed by atoms with Gasteiger partial charge in [0.25, 0.3) is 11.5 Å². The van der Waals surface area contributed by atoms with Crippen LogP contribution in [-0.4, -0.2) is 42.9 Å². The molecule has 0 saturated heterocycles. The van der Waals surface area contributed by atoms with E-state index in [1.165, 1.54) is 32.7 Å². The number of fused-ring (bicyclic) bond motifs is 1. The molecule has 2 aliphatic heterocycles. The molecule has 37 heavy (non-hydrogen) atoms. The molecule has 0 spiro atoms. The van der Waals surface area contributed by atoms with E-state index in [1.54, 1.807) is 45.3 Å². The first kappa shape index (κ1) is 24.8. The Kier molecular flexibility index (Phi) is 6.65. The Morgan fingerprint density at radius 2 is 1.84 bits per heavy atom. The number of nitrogens with zero attached hydrogens (tertiary/aromatic N) is 4. The third-order valence-corrected chi connectivity index (χ3v) is 8.59. The van der Waals surface area contributed by atoms with Gasteiger partial charge in [-0.25, -0.2) is 0 Å². The van der Waals surface area contributed by atoms with Gasteiger partial charge in [0.2, 0.25) is 0 Å². The third-order valence-electron chi connectivity index (χ3n) is 5.98. The lowest BCUT2D eigenvalue weighted by molar-refractivity contribution is -0.141. The van der Waals surface area contributed by atoms with E-state index >= 15 is 0 Å². The number of hydrazone groups is 1. The highest BCUT2D eigenvalue weighted by Crippen LogP contribution is 2.46. The van der Waals surface area contributed by atoms with Crippen LogP contribution in [0.4, 0.5) is 11.4 Å². The number of thiazole rings is 1. The van der Waals surface area contributed by atoms with E-state index in [0.29, 0.717) is 14.9 Å². The Hall–Kier alpha value is -3.83. The summed E-state index contributed by atoms with van der Waals surface area (Å²) in [5.74, 6) is -0.174. The molecule has 0 unspecified atom stereocenters. The smallest absolute Gasteiger partial charge is 0.311 e. The van der Waals surface area contributed by atoms with Gasteiger partial charge in [0.15, 0.2) is 0 Å². The zero-order valence-corrected chi connectivity index (χ0v) is 22.3. The summed E-state index contributed by atoms with van der Waals surface area (Å²) in [4.78, 5) is 42.4. The summed E-state index contributed by atoms with van der Waals surface area (Å²) >= 11 is 2.70. The molecule has 2 aliphatic rings. The van der Waals surface area contributed by atoms with Crippen molar-refractivity contribution in [2.24, 2.45) is 12.1 Å². The van der Waals surface area contributed by atoms with Gasteiger partial charge in [-0.05, 0) is 31.2 Å². The number of rotatable bonds is 5. The molecular weight excluding hydrogens is 512 g/mol. The summed E-state index contributed by atoms with van der Waals surface area (Å²) in [5.41, 5.74) is 1.75. The number of methoxy groups -OCH3 is 1. The van der Waals surface area contributed by atoms with Crippen LogP contribution in [0.2, 0.25) is 0 Å². The highest BCUT2D eigenvalue weighted by atomic mass is 32.2. The maximum Gasteiger partial charge on any atom is 0.311 e. The molecule has 0 bridgehead atoms. The quantitative estimate of drug-likeness (QED) is 0.462. The molecule has 3 heterocycles. The molecule has 1 amide bonds. The average Bonchev–Trinajstić information content (AvgIpc) is 3.50. The number of hydrogen-bond donors (Lipinski definition) is 0. The van der Waals surface area contributed by atoms with Gasteiger partial charge in [-0.15, -0.1) is 11.3 Å². The number of carbonyl (C=O) groups excluding carboxylic acids is 2. The molecule has 2 aromatic carbocycles. The summed E-state index contributed by atoms with van der Waals surface area (Å²) in [7, 11) is 5.13. The van der Waals surface area contributed by atoms with E-state index in [0.717, 1.165) is 21.4 Å². The number of carbonyl (C=O) groups is 2. The van der Waals surface area contributed by atoms with Crippen LogP contribution in [0.1, 0.15) is 13.3 Å². The third kappa shape index (κ3) is 4.34. The molecule has 0 N–H and O–H groups in total. The Morgan fingerprint density at radius 3 is 2.54 bits per heavy atom. The number of aromatic nitrogens is 1. The summed E-state index contributed by atoms with van der Waals surface area (Å²) < 4.78 is 12.9. The van der Waals surface area contributed by atoms with E-state index < -0.39 is 11.9 Å². The van der Waals surface area contributed by atoms with Crippen LogP contribution < -0.4 is 29.4 Å². The highest BCUT2D eigenvalue weighted by Gasteiger charge is 2.35. The number of para-hydroxylation sites is 1. The molecule has 9 nitrogen and oxygen atoms in total. The molecule has 0 radical (unpaired) electrons. The Morgan fingerprint density at radius 1 is 1.08 bits per heavy atom. The van der Waals surface area contributed by atoms with Crippen LogP contribution in [0.3, 0.4) is 0 Å². The van der Waals surface area contributed by atoms with Crippen molar-refractivity contribution in [1.29, 1.82) is 0 Å². The number of hydrogen-bond acceptors (Lipinski definition) is 9. The molecular formula is C26H24N4O5S2. The van der Waals surface area contributed by atoms with E-state index in [2.05, 4.69) is 5.10 Å². The summed E-state index contributed by atoms with van der Waals surface area (Å²) in [6.07, 6.45) is -0.184. The topological polar surface area (TPSA) is 93.4 Å². The molecule has 0 atom stereocenters. The normalized spacial score (nSPS) is 17.7. The summed E-state index contributed by atoms with van der Waals surface area (Å²) in [5, 5.41) is 6.50. The van der Waals surface area contributed by atoms with E-state index in [4.69, 9.17) is 9.47 Å². The van der Waals surface area contributed by atoms with Gasteiger partial charge in [0.05, 0.1) is 42.8 Å². The van der Waals surface area contributed by atoms with Gasteiger partial charge in [0, 0.05) is 25.1 Å². The molecule has 0 saturated carbocycles. The van der Waals surface area contributed by atoms with Crippen molar-refractivity contribution >= 4 is 62.7 Å². The fourth-order valence-electron chi connectivity index (χ4n) is 4.14. The second kappa shape index (κ2) is 9.91. The number of esters is 1. The van der Waals surface area contributed by atoms with Crippen molar-refractivity contribution in [3.63, 3.8) is 0 Å². The van der Waals surface area contributed by atoms with E-state index in [9.17, 15) is 14.4 Å². The second-order valence-electron chi connectivity index (χ2n) is 8.26.